The van der Waals surface area contributed by atoms with Crippen LogP contribution in [0.1, 0.15) is 5.56 Å². The van der Waals surface area contributed by atoms with Gasteiger partial charge in [0.15, 0.2) is 0 Å². The molecule has 134 valence electrons. The monoisotopic (exact) mass is 379 g/mol. The SMILES string of the molecule is C[Si](C)(C)/C(Sc1ccccc1)=C1/C=CC(=O)N(Cc2ccccc2)C1. The van der Waals surface area contributed by atoms with Crippen molar-refractivity contribution in [2.45, 2.75) is 31.1 Å². The third-order valence-corrected chi connectivity index (χ3v) is 9.05. The van der Waals surface area contributed by atoms with E-state index in [1.165, 1.54) is 20.6 Å². The number of nitrogens with zero attached hydrogens (tertiary/aromatic N) is 1. The van der Waals surface area contributed by atoms with Gasteiger partial charge in [-0.3, -0.25) is 4.79 Å². The van der Waals surface area contributed by atoms with Crippen molar-refractivity contribution in [3.63, 3.8) is 0 Å². The van der Waals surface area contributed by atoms with Gasteiger partial charge in [0.05, 0.1) is 8.07 Å². The molecule has 0 saturated carbocycles. The molecular formula is C22H25NOSSi. The number of thioether (sulfide) groups is 1. The topological polar surface area (TPSA) is 20.3 Å². The fourth-order valence-corrected chi connectivity index (χ4v) is 6.50. The highest BCUT2D eigenvalue weighted by atomic mass is 32.2. The minimum atomic E-state index is -1.55. The van der Waals surface area contributed by atoms with Crippen LogP contribution in [-0.2, 0) is 11.3 Å². The largest absolute Gasteiger partial charge is 0.330 e. The summed E-state index contributed by atoms with van der Waals surface area (Å²) in [5, 5.41) is 0. The van der Waals surface area contributed by atoms with Crippen molar-refractivity contribution in [3.8, 4) is 0 Å². The molecule has 0 unspecified atom stereocenters. The Labute approximate surface area is 161 Å². The lowest BCUT2D eigenvalue weighted by molar-refractivity contribution is -0.126. The Bertz CT molecular complexity index is 822. The molecule has 0 saturated heterocycles. The lowest BCUT2D eigenvalue weighted by Crippen LogP contribution is -2.35. The summed E-state index contributed by atoms with van der Waals surface area (Å²) in [6, 6.07) is 20.7. The van der Waals surface area contributed by atoms with Gasteiger partial charge in [-0.2, -0.15) is 0 Å². The second-order valence-corrected chi connectivity index (χ2v) is 14.0. The summed E-state index contributed by atoms with van der Waals surface area (Å²) in [4.78, 5) is 15.6. The maximum atomic E-state index is 12.4. The first-order valence-corrected chi connectivity index (χ1v) is 13.2. The molecule has 0 aliphatic carbocycles. The molecule has 0 fully saturated rings. The minimum absolute atomic E-state index is 0.0947. The molecule has 3 rings (SSSR count). The first kappa shape index (κ1) is 18.7. The Kier molecular flexibility index (Phi) is 5.84. The van der Waals surface area contributed by atoms with Crippen LogP contribution in [0.25, 0.3) is 0 Å². The van der Waals surface area contributed by atoms with Crippen molar-refractivity contribution >= 4 is 25.7 Å². The molecule has 2 aromatic carbocycles. The van der Waals surface area contributed by atoms with Crippen molar-refractivity contribution < 1.29 is 4.79 Å². The number of hydrogen-bond acceptors (Lipinski definition) is 2. The van der Waals surface area contributed by atoms with Crippen LogP contribution in [0, 0.1) is 0 Å². The zero-order valence-corrected chi connectivity index (χ0v) is 17.4. The van der Waals surface area contributed by atoms with E-state index in [1.807, 2.05) is 47.0 Å². The van der Waals surface area contributed by atoms with Gasteiger partial charge in [0.1, 0.15) is 0 Å². The van der Waals surface area contributed by atoms with Crippen LogP contribution < -0.4 is 0 Å². The third kappa shape index (κ3) is 4.77. The van der Waals surface area contributed by atoms with E-state index in [9.17, 15) is 4.79 Å². The summed E-state index contributed by atoms with van der Waals surface area (Å²) in [5.74, 6) is 0.0947. The summed E-state index contributed by atoms with van der Waals surface area (Å²) in [7, 11) is -1.55. The van der Waals surface area contributed by atoms with Crippen molar-refractivity contribution in [3.05, 3.63) is 88.5 Å². The van der Waals surface area contributed by atoms with Crippen molar-refractivity contribution in [2.24, 2.45) is 0 Å². The summed E-state index contributed by atoms with van der Waals surface area (Å²) >= 11 is 1.86. The van der Waals surface area contributed by atoms with Gasteiger partial charge in [-0.05, 0) is 27.8 Å². The zero-order chi connectivity index (χ0) is 18.6. The smallest absolute Gasteiger partial charge is 0.247 e. The summed E-state index contributed by atoms with van der Waals surface area (Å²) in [5.41, 5.74) is 2.45. The Morgan fingerprint density at radius 3 is 2.19 bits per heavy atom. The average Bonchev–Trinajstić information content (AvgIpc) is 2.63. The van der Waals surface area contributed by atoms with Crippen LogP contribution in [-0.4, -0.2) is 25.4 Å². The van der Waals surface area contributed by atoms with Crippen LogP contribution in [0.2, 0.25) is 19.6 Å². The van der Waals surface area contributed by atoms with Gasteiger partial charge < -0.3 is 4.90 Å². The Morgan fingerprint density at radius 1 is 0.962 bits per heavy atom. The van der Waals surface area contributed by atoms with Crippen LogP contribution in [0.15, 0.2) is 87.8 Å². The van der Waals surface area contributed by atoms with Crippen molar-refractivity contribution in [1.82, 2.24) is 4.90 Å². The molecule has 0 radical (unpaired) electrons. The van der Waals surface area contributed by atoms with Crippen LogP contribution in [0.3, 0.4) is 0 Å². The van der Waals surface area contributed by atoms with E-state index >= 15 is 0 Å². The molecule has 26 heavy (non-hydrogen) atoms. The van der Waals surface area contributed by atoms with Gasteiger partial charge in [0.25, 0.3) is 0 Å². The highest BCUT2D eigenvalue weighted by Gasteiger charge is 2.27. The van der Waals surface area contributed by atoms with E-state index in [0.717, 1.165) is 0 Å². The molecule has 0 spiro atoms. The van der Waals surface area contributed by atoms with Gasteiger partial charge >= 0.3 is 0 Å². The normalized spacial score (nSPS) is 16.7. The minimum Gasteiger partial charge on any atom is -0.330 e. The highest BCUT2D eigenvalue weighted by molar-refractivity contribution is 8.05. The number of amides is 1. The first-order valence-electron chi connectivity index (χ1n) is 8.91. The predicted octanol–water partition coefficient (Wildman–Crippen LogP) is 5.51. The number of carbonyl (C=O) groups is 1. The van der Waals surface area contributed by atoms with Gasteiger partial charge in [-0.15, -0.1) is 0 Å². The summed E-state index contributed by atoms with van der Waals surface area (Å²) in [6.07, 6.45) is 3.76. The molecule has 1 heterocycles. The molecule has 1 amide bonds. The van der Waals surface area contributed by atoms with Gasteiger partial charge in [0.2, 0.25) is 5.91 Å². The Hall–Kier alpha value is -2.04. The summed E-state index contributed by atoms with van der Waals surface area (Å²) < 4.78 is 1.45. The van der Waals surface area contributed by atoms with E-state index < -0.39 is 8.07 Å². The molecule has 0 bridgehead atoms. The molecule has 4 heteroatoms. The van der Waals surface area contributed by atoms with Crippen LogP contribution in [0.4, 0.5) is 0 Å². The van der Waals surface area contributed by atoms with Crippen molar-refractivity contribution in [1.29, 1.82) is 0 Å². The highest BCUT2D eigenvalue weighted by Crippen LogP contribution is 2.37. The first-order chi connectivity index (χ1) is 12.4. The number of rotatable bonds is 5. The fraction of sp³-hybridized carbons (Fsp3) is 0.227. The molecule has 2 nitrogen and oxygen atoms in total. The number of benzene rings is 2. The molecule has 1 aliphatic rings. The molecule has 0 atom stereocenters. The number of hydrogen-bond donors (Lipinski definition) is 0. The Balaban J connectivity index is 1.90. The standard InChI is InChI=1S/C22H25NOSSi/c1-26(2,3)22(25-20-12-8-5-9-13-20)19-14-15-21(24)23(17-19)16-18-10-6-4-7-11-18/h4-15H,16-17H2,1-3H3/b22-19-. The molecule has 0 aromatic heterocycles. The van der Waals surface area contributed by atoms with Gasteiger partial charge in [0, 0.05) is 24.1 Å². The quantitative estimate of drug-likeness (QED) is 0.504. The lowest BCUT2D eigenvalue weighted by Gasteiger charge is -2.30. The fourth-order valence-electron chi connectivity index (χ4n) is 3.01. The molecule has 0 N–H and O–H groups in total. The van der Waals surface area contributed by atoms with Crippen LogP contribution in [0.5, 0.6) is 0 Å². The van der Waals surface area contributed by atoms with Crippen molar-refractivity contribution in [2.75, 3.05) is 6.54 Å². The average molecular weight is 380 g/mol. The summed E-state index contributed by atoms with van der Waals surface area (Å²) in [6.45, 7) is 8.46. The predicted molar refractivity (Wildman–Crippen MR) is 114 cm³/mol. The maximum absolute atomic E-state index is 12.4. The van der Waals surface area contributed by atoms with Crippen LogP contribution >= 0.6 is 11.8 Å². The van der Waals surface area contributed by atoms with E-state index in [1.54, 1.807) is 6.08 Å². The molecular weight excluding hydrogens is 354 g/mol. The molecule has 2 aromatic rings. The molecule has 1 aliphatic heterocycles. The number of carbonyl (C=O) groups excluding carboxylic acids is 1. The second kappa shape index (κ2) is 8.10. The lowest BCUT2D eigenvalue weighted by atomic mass is 10.1. The maximum Gasteiger partial charge on any atom is 0.247 e. The third-order valence-electron chi connectivity index (χ3n) is 4.25. The van der Waals surface area contributed by atoms with Gasteiger partial charge in [-0.1, -0.05) is 86.0 Å². The van der Waals surface area contributed by atoms with E-state index in [-0.39, 0.29) is 5.91 Å². The van der Waals surface area contributed by atoms with E-state index in [2.05, 4.69) is 56.0 Å². The Morgan fingerprint density at radius 2 is 1.58 bits per heavy atom. The van der Waals surface area contributed by atoms with E-state index in [4.69, 9.17) is 0 Å². The second-order valence-electron chi connectivity index (χ2n) is 7.53. The van der Waals surface area contributed by atoms with Gasteiger partial charge in [-0.25, -0.2) is 0 Å². The zero-order valence-electron chi connectivity index (χ0n) is 15.6. The van der Waals surface area contributed by atoms with E-state index in [0.29, 0.717) is 13.1 Å².